The van der Waals surface area contributed by atoms with Crippen molar-refractivity contribution >= 4 is 28.8 Å². The van der Waals surface area contributed by atoms with E-state index < -0.39 is 0 Å². The molecule has 0 aliphatic carbocycles. The van der Waals surface area contributed by atoms with Crippen LogP contribution >= 0.6 is 11.3 Å². The van der Waals surface area contributed by atoms with Gasteiger partial charge in [-0.3, -0.25) is 9.59 Å². The molecule has 3 aromatic rings. The van der Waals surface area contributed by atoms with Crippen LogP contribution in [0.5, 0.6) is 0 Å². The molecule has 0 spiro atoms. The van der Waals surface area contributed by atoms with E-state index in [0.29, 0.717) is 54.0 Å². The van der Waals surface area contributed by atoms with Gasteiger partial charge in [0.2, 0.25) is 0 Å². The molecule has 0 atom stereocenters. The fourth-order valence-electron chi connectivity index (χ4n) is 2.73. The summed E-state index contributed by atoms with van der Waals surface area (Å²) >= 11 is 1.34. The van der Waals surface area contributed by atoms with E-state index >= 15 is 0 Å². The van der Waals surface area contributed by atoms with Crippen LogP contribution in [0.3, 0.4) is 0 Å². The molecular weight excluding hydrogens is 366 g/mol. The summed E-state index contributed by atoms with van der Waals surface area (Å²) in [5, 5.41) is 5.13. The van der Waals surface area contributed by atoms with Crippen molar-refractivity contribution in [3.05, 3.63) is 59.3 Å². The van der Waals surface area contributed by atoms with Gasteiger partial charge in [0, 0.05) is 29.7 Å². The number of hydrogen-bond acceptors (Lipinski definition) is 6. The maximum atomic E-state index is 12.4. The molecular formula is C19H17N3O4S. The SMILES string of the molecule is O=C(Nc1ccc(C(=O)N2CCOCC2)cc1)c1csc(-c2ccco2)n1. The van der Waals surface area contributed by atoms with Crippen molar-refractivity contribution in [3.8, 4) is 10.8 Å². The van der Waals surface area contributed by atoms with E-state index in [4.69, 9.17) is 9.15 Å². The summed E-state index contributed by atoms with van der Waals surface area (Å²) in [5.74, 6) is 0.292. The average molecular weight is 383 g/mol. The minimum atomic E-state index is -0.309. The molecule has 1 aromatic carbocycles. The van der Waals surface area contributed by atoms with Gasteiger partial charge in [-0.15, -0.1) is 11.3 Å². The maximum absolute atomic E-state index is 12.4. The predicted octanol–water partition coefficient (Wildman–Crippen LogP) is 3.13. The maximum Gasteiger partial charge on any atom is 0.275 e. The monoisotopic (exact) mass is 383 g/mol. The zero-order valence-corrected chi connectivity index (χ0v) is 15.2. The van der Waals surface area contributed by atoms with Crippen molar-refractivity contribution in [1.82, 2.24) is 9.88 Å². The second kappa shape index (κ2) is 7.73. The zero-order chi connectivity index (χ0) is 18.6. The number of ether oxygens (including phenoxy) is 1. The minimum absolute atomic E-state index is 0.0289. The summed E-state index contributed by atoms with van der Waals surface area (Å²) in [6, 6.07) is 10.4. The Balaban J connectivity index is 1.41. The summed E-state index contributed by atoms with van der Waals surface area (Å²) in [7, 11) is 0. The Morgan fingerprint density at radius 2 is 1.89 bits per heavy atom. The molecule has 138 valence electrons. The van der Waals surface area contributed by atoms with Gasteiger partial charge in [-0.1, -0.05) is 0 Å². The van der Waals surface area contributed by atoms with Gasteiger partial charge >= 0.3 is 0 Å². The summed E-state index contributed by atoms with van der Waals surface area (Å²) in [5.41, 5.74) is 1.51. The van der Waals surface area contributed by atoms with Crippen molar-refractivity contribution in [1.29, 1.82) is 0 Å². The van der Waals surface area contributed by atoms with Crippen LogP contribution in [-0.2, 0) is 4.74 Å². The molecule has 0 bridgehead atoms. The lowest BCUT2D eigenvalue weighted by molar-refractivity contribution is 0.0303. The van der Waals surface area contributed by atoms with Gasteiger partial charge in [0.15, 0.2) is 10.8 Å². The van der Waals surface area contributed by atoms with Crippen molar-refractivity contribution in [2.75, 3.05) is 31.6 Å². The van der Waals surface area contributed by atoms with E-state index in [1.54, 1.807) is 52.9 Å². The standard InChI is InChI=1S/C19H17N3O4S/c23-17(15-12-27-18(21-15)16-2-1-9-26-16)20-14-5-3-13(4-6-14)19(24)22-7-10-25-11-8-22/h1-6,9,12H,7-8,10-11H2,(H,20,23). The molecule has 1 N–H and O–H groups in total. The second-order valence-electron chi connectivity index (χ2n) is 5.95. The van der Waals surface area contributed by atoms with Crippen molar-refractivity contribution < 1.29 is 18.7 Å². The molecule has 8 heteroatoms. The molecule has 2 aromatic heterocycles. The number of thiazole rings is 1. The van der Waals surface area contributed by atoms with Crippen LogP contribution in [0, 0.1) is 0 Å². The molecule has 0 radical (unpaired) electrons. The summed E-state index contributed by atoms with van der Waals surface area (Å²) in [6.45, 7) is 2.32. The Kier molecular flexibility index (Phi) is 4.99. The highest BCUT2D eigenvalue weighted by Crippen LogP contribution is 2.24. The van der Waals surface area contributed by atoms with Gasteiger partial charge in [-0.25, -0.2) is 4.98 Å². The number of amides is 2. The first-order chi connectivity index (χ1) is 13.2. The average Bonchev–Trinajstić information content (AvgIpc) is 3.40. The third-order valence-corrected chi connectivity index (χ3v) is 5.01. The van der Waals surface area contributed by atoms with Crippen LogP contribution in [0.1, 0.15) is 20.8 Å². The molecule has 4 rings (SSSR count). The Morgan fingerprint density at radius 3 is 2.59 bits per heavy atom. The van der Waals surface area contributed by atoms with Gasteiger partial charge < -0.3 is 19.4 Å². The highest BCUT2D eigenvalue weighted by atomic mass is 32.1. The lowest BCUT2D eigenvalue weighted by Gasteiger charge is -2.26. The van der Waals surface area contributed by atoms with Crippen LogP contribution in [0.2, 0.25) is 0 Å². The van der Waals surface area contributed by atoms with Crippen LogP contribution in [0.4, 0.5) is 5.69 Å². The lowest BCUT2D eigenvalue weighted by Crippen LogP contribution is -2.40. The largest absolute Gasteiger partial charge is 0.462 e. The van der Waals surface area contributed by atoms with Gasteiger partial charge in [-0.05, 0) is 36.4 Å². The van der Waals surface area contributed by atoms with Crippen molar-refractivity contribution in [3.63, 3.8) is 0 Å². The van der Waals surface area contributed by atoms with Gasteiger partial charge in [0.25, 0.3) is 11.8 Å². The number of hydrogen-bond donors (Lipinski definition) is 1. The number of anilines is 1. The van der Waals surface area contributed by atoms with Crippen LogP contribution in [-0.4, -0.2) is 48.0 Å². The molecule has 1 aliphatic heterocycles. The number of benzene rings is 1. The molecule has 0 unspecified atom stereocenters. The highest BCUT2D eigenvalue weighted by Gasteiger charge is 2.18. The highest BCUT2D eigenvalue weighted by molar-refractivity contribution is 7.13. The van der Waals surface area contributed by atoms with E-state index in [9.17, 15) is 9.59 Å². The Hall–Kier alpha value is -2.97. The number of nitrogens with one attached hydrogen (secondary N) is 1. The van der Waals surface area contributed by atoms with Gasteiger partial charge in [-0.2, -0.15) is 0 Å². The summed E-state index contributed by atoms with van der Waals surface area (Å²) in [4.78, 5) is 30.9. The predicted molar refractivity (Wildman–Crippen MR) is 101 cm³/mol. The number of rotatable bonds is 4. The number of nitrogens with zero attached hydrogens (tertiary/aromatic N) is 2. The van der Waals surface area contributed by atoms with Crippen LogP contribution < -0.4 is 5.32 Å². The fraction of sp³-hybridized carbons (Fsp3) is 0.211. The first-order valence-corrected chi connectivity index (χ1v) is 9.36. The number of carbonyl (C=O) groups is 2. The third kappa shape index (κ3) is 3.91. The first kappa shape index (κ1) is 17.4. The van der Waals surface area contributed by atoms with Crippen molar-refractivity contribution in [2.24, 2.45) is 0 Å². The zero-order valence-electron chi connectivity index (χ0n) is 14.4. The second-order valence-corrected chi connectivity index (χ2v) is 6.81. The summed E-state index contributed by atoms with van der Waals surface area (Å²) in [6.07, 6.45) is 1.57. The molecule has 0 saturated carbocycles. The van der Waals surface area contributed by atoms with Crippen LogP contribution in [0.25, 0.3) is 10.8 Å². The molecule has 1 aliphatic rings. The van der Waals surface area contributed by atoms with E-state index in [0.717, 1.165) is 0 Å². The molecule has 1 fully saturated rings. The number of carbonyl (C=O) groups excluding carboxylic acids is 2. The number of furan rings is 1. The van der Waals surface area contributed by atoms with E-state index in [-0.39, 0.29) is 11.8 Å². The van der Waals surface area contributed by atoms with E-state index in [2.05, 4.69) is 10.3 Å². The third-order valence-electron chi connectivity index (χ3n) is 4.16. The molecule has 3 heterocycles. The molecule has 7 nitrogen and oxygen atoms in total. The first-order valence-electron chi connectivity index (χ1n) is 8.48. The van der Waals surface area contributed by atoms with Gasteiger partial charge in [0.1, 0.15) is 5.69 Å². The fourth-order valence-corrected chi connectivity index (χ4v) is 3.50. The minimum Gasteiger partial charge on any atom is -0.462 e. The van der Waals surface area contributed by atoms with Crippen LogP contribution in [0.15, 0.2) is 52.5 Å². The Labute approximate surface area is 159 Å². The molecule has 1 saturated heterocycles. The van der Waals surface area contributed by atoms with Gasteiger partial charge in [0.05, 0.1) is 19.5 Å². The normalized spacial score (nSPS) is 14.1. The number of morpholine rings is 1. The molecule has 27 heavy (non-hydrogen) atoms. The molecule has 2 amide bonds. The number of aromatic nitrogens is 1. The lowest BCUT2D eigenvalue weighted by atomic mass is 10.1. The smallest absolute Gasteiger partial charge is 0.275 e. The topological polar surface area (TPSA) is 84.7 Å². The van der Waals surface area contributed by atoms with Crippen molar-refractivity contribution in [2.45, 2.75) is 0 Å². The summed E-state index contributed by atoms with van der Waals surface area (Å²) < 4.78 is 10.6. The van der Waals surface area contributed by atoms with E-state index in [1.165, 1.54) is 11.3 Å². The van der Waals surface area contributed by atoms with E-state index in [1.807, 2.05) is 0 Å². The Bertz CT molecular complexity index is 928. The quantitative estimate of drug-likeness (QED) is 0.748. The Morgan fingerprint density at radius 1 is 1.11 bits per heavy atom.